The van der Waals surface area contributed by atoms with Gasteiger partial charge in [0.15, 0.2) is 0 Å². The smallest absolute Gasteiger partial charge is 0.0275 e. The zero-order valence-corrected chi connectivity index (χ0v) is 5.65. The van der Waals surface area contributed by atoms with E-state index in [2.05, 4.69) is 20.4 Å². The second kappa shape index (κ2) is 1.61. The van der Waals surface area contributed by atoms with Crippen LogP contribution >= 0.6 is 0 Å². The van der Waals surface area contributed by atoms with Crippen molar-refractivity contribution in [2.45, 2.75) is 26.7 Å². The van der Waals surface area contributed by atoms with Crippen LogP contribution in [0.5, 0.6) is 0 Å². The Kier molecular flexibility index (Phi) is 0.927. The Labute approximate surface area is 53.0 Å². The van der Waals surface area contributed by atoms with Crippen LogP contribution in [0.15, 0.2) is 12.7 Å². The summed E-state index contributed by atoms with van der Waals surface area (Å²) in [5.41, 5.74) is 0.272. The second-order valence-corrected chi connectivity index (χ2v) is 3.12. The molecule has 0 aliphatic heterocycles. The van der Waals surface area contributed by atoms with E-state index in [1.807, 2.05) is 6.08 Å². The third kappa shape index (κ3) is 0.936. The first-order chi connectivity index (χ1) is 4.10. The average Bonchev–Trinajstić information content (AvgIpc) is 2.19. The van der Waals surface area contributed by atoms with Crippen LogP contribution in [-0.4, -0.2) is 0 Å². The molecule has 8 heavy (non-hydrogen) atoms. The van der Waals surface area contributed by atoms with Gasteiger partial charge in [-0.1, -0.05) is 19.9 Å². The molecule has 1 aliphatic carbocycles. The summed E-state index contributed by atoms with van der Waals surface area (Å²) in [5.74, 6) is 0.579. The number of allylic oxidation sites excluding steroid dienone is 1. The normalized spacial score (nSPS) is 43.0. The maximum Gasteiger partial charge on any atom is 0.0275 e. The molecule has 0 amide bonds. The van der Waals surface area contributed by atoms with E-state index < -0.39 is 0 Å². The average molecular weight is 111 g/mol. The van der Waals surface area contributed by atoms with Gasteiger partial charge in [0.25, 0.3) is 0 Å². The fourth-order valence-electron chi connectivity index (χ4n) is 1.02. The van der Waals surface area contributed by atoms with Crippen molar-refractivity contribution < 1.29 is 1.37 Å². The van der Waals surface area contributed by atoms with Crippen LogP contribution in [0.25, 0.3) is 0 Å². The number of hydrogen-bond acceptors (Lipinski definition) is 0. The van der Waals surface area contributed by atoms with Gasteiger partial charge in [0, 0.05) is 1.37 Å². The van der Waals surface area contributed by atoms with Gasteiger partial charge in [0.05, 0.1) is 0 Å². The molecule has 0 N–H and O–H groups in total. The summed E-state index contributed by atoms with van der Waals surface area (Å²) in [5, 5.41) is 0. The molecule has 0 aromatic rings. The zero-order valence-electron chi connectivity index (χ0n) is 6.65. The molecule has 2 unspecified atom stereocenters. The first kappa shape index (κ1) is 4.60. The summed E-state index contributed by atoms with van der Waals surface area (Å²) in [4.78, 5) is 0. The molecule has 1 fully saturated rings. The van der Waals surface area contributed by atoms with Crippen LogP contribution in [0.2, 0.25) is 0 Å². The van der Waals surface area contributed by atoms with Crippen molar-refractivity contribution in [2.24, 2.45) is 11.3 Å². The fourth-order valence-corrected chi connectivity index (χ4v) is 1.02. The van der Waals surface area contributed by atoms with Crippen LogP contribution in [0.4, 0.5) is 0 Å². The highest BCUT2D eigenvalue weighted by Gasteiger charge is 2.43. The van der Waals surface area contributed by atoms with Crippen LogP contribution in [0.1, 0.15) is 28.0 Å². The minimum Gasteiger partial charge on any atom is -0.103 e. The van der Waals surface area contributed by atoms with Gasteiger partial charge in [-0.3, -0.25) is 0 Å². The molecule has 1 rings (SSSR count). The van der Waals surface area contributed by atoms with E-state index in [0.717, 1.165) is 6.42 Å². The zero-order chi connectivity index (χ0) is 7.07. The van der Waals surface area contributed by atoms with Gasteiger partial charge in [-0.25, -0.2) is 0 Å². The Balaban J connectivity index is 2.42. The third-order valence-corrected chi connectivity index (χ3v) is 1.90. The highest BCUT2D eigenvalue weighted by atomic mass is 14.5. The molecule has 0 heteroatoms. The van der Waals surface area contributed by atoms with Gasteiger partial charge >= 0.3 is 0 Å². The molecule has 1 saturated carbocycles. The minimum atomic E-state index is 0.162. The predicted molar refractivity (Wildman–Crippen MR) is 36.7 cm³/mol. The summed E-state index contributed by atoms with van der Waals surface area (Å²) in [7, 11) is 0. The molecular weight excluding hydrogens is 96.1 g/mol. The summed E-state index contributed by atoms with van der Waals surface area (Å²) in [6.45, 7) is 7.96. The minimum absolute atomic E-state index is 0.162. The van der Waals surface area contributed by atoms with E-state index in [0.29, 0.717) is 5.92 Å². The number of rotatable bonds is 2. The van der Waals surface area contributed by atoms with Gasteiger partial charge in [0.2, 0.25) is 0 Å². The van der Waals surface area contributed by atoms with Crippen LogP contribution < -0.4 is 0 Å². The van der Waals surface area contributed by atoms with Gasteiger partial charge in [-0.2, -0.15) is 0 Å². The molecule has 1 aliphatic rings. The standard InChI is InChI=1S/C8H14/c1-4-5-7-6-8(7,2)3/h4,7H,1,5-6H2,2-3H3/i6D. The fraction of sp³-hybridized carbons (Fsp3) is 0.750. The molecule has 0 spiro atoms. The second-order valence-electron chi connectivity index (χ2n) is 3.12. The quantitative estimate of drug-likeness (QED) is 0.480. The molecule has 0 aromatic heterocycles. The van der Waals surface area contributed by atoms with Crippen molar-refractivity contribution in [3.8, 4) is 0 Å². The van der Waals surface area contributed by atoms with Crippen molar-refractivity contribution in [3.05, 3.63) is 12.7 Å². The van der Waals surface area contributed by atoms with Crippen molar-refractivity contribution >= 4 is 0 Å². The summed E-state index contributed by atoms with van der Waals surface area (Å²) < 4.78 is 7.51. The van der Waals surface area contributed by atoms with E-state index in [1.165, 1.54) is 0 Å². The highest BCUT2D eigenvalue weighted by Crippen LogP contribution is 2.53. The van der Waals surface area contributed by atoms with Crippen LogP contribution in [-0.2, 0) is 0 Å². The molecule has 0 heterocycles. The molecule has 0 radical (unpaired) electrons. The van der Waals surface area contributed by atoms with Crippen molar-refractivity contribution in [1.29, 1.82) is 0 Å². The summed E-state index contributed by atoms with van der Waals surface area (Å²) in [6, 6.07) is 0. The Morgan fingerprint density at radius 2 is 2.50 bits per heavy atom. The van der Waals surface area contributed by atoms with Crippen LogP contribution in [0, 0.1) is 11.3 Å². The first-order valence-electron chi connectivity index (χ1n) is 3.71. The van der Waals surface area contributed by atoms with Gasteiger partial charge in [-0.15, -0.1) is 6.58 Å². The van der Waals surface area contributed by atoms with E-state index in [1.54, 1.807) is 0 Å². The predicted octanol–water partition coefficient (Wildman–Crippen LogP) is 2.61. The molecule has 0 aromatic carbocycles. The lowest BCUT2D eigenvalue weighted by Crippen LogP contribution is -1.86. The molecule has 46 valence electrons. The topological polar surface area (TPSA) is 0 Å². The van der Waals surface area contributed by atoms with Crippen molar-refractivity contribution in [2.75, 3.05) is 0 Å². The van der Waals surface area contributed by atoms with Gasteiger partial charge in [0.1, 0.15) is 0 Å². The molecule has 2 atom stereocenters. The third-order valence-electron chi connectivity index (χ3n) is 1.90. The lowest BCUT2D eigenvalue weighted by atomic mass is 10.1. The first-order valence-corrected chi connectivity index (χ1v) is 3.14. The Bertz CT molecular complexity index is 127. The molecule has 0 bridgehead atoms. The maximum absolute atomic E-state index is 7.51. The number of hydrogen-bond donors (Lipinski definition) is 0. The Hall–Kier alpha value is -0.260. The van der Waals surface area contributed by atoms with Crippen molar-refractivity contribution in [3.63, 3.8) is 0 Å². The molecule has 0 saturated heterocycles. The van der Waals surface area contributed by atoms with E-state index >= 15 is 0 Å². The summed E-state index contributed by atoms with van der Waals surface area (Å²) in [6.07, 6.45) is 3.10. The molecular formula is C8H14. The lowest BCUT2D eigenvalue weighted by molar-refractivity contribution is 0.563. The van der Waals surface area contributed by atoms with Crippen LogP contribution in [0.3, 0.4) is 0 Å². The van der Waals surface area contributed by atoms with E-state index in [9.17, 15) is 0 Å². The van der Waals surface area contributed by atoms with Gasteiger partial charge in [-0.05, 0) is 24.2 Å². The van der Waals surface area contributed by atoms with Crippen molar-refractivity contribution in [1.82, 2.24) is 0 Å². The van der Waals surface area contributed by atoms with E-state index in [4.69, 9.17) is 1.37 Å². The lowest BCUT2D eigenvalue weighted by Gasteiger charge is -1.96. The SMILES string of the molecule is [2H]C1C(CC=C)C1(C)C. The Morgan fingerprint density at radius 3 is 2.62 bits per heavy atom. The van der Waals surface area contributed by atoms with E-state index in [-0.39, 0.29) is 11.8 Å². The summed E-state index contributed by atoms with van der Waals surface area (Å²) >= 11 is 0. The highest BCUT2D eigenvalue weighted by molar-refractivity contribution is 4.97. The Morgan fingerprint density at radius 1 is 2.00 bits per heavy atom. The molecule has 0 nitrogen and oxygen atoms in total. The maximum atomic E-state index is 7.51. The van der Waals surface area contributed by atoms with Gasteiger partial charge < -0.3 is 0 Å². The largest absolute Gasteiger partial charge is 0.103 e. The monoisotopic (exact) mass is 111 g/mol.